The Bertz CT molecular complexity index is 1320. The highest BCUT2D eigenvalue weighted by Crippen LogP contribution is 2.24. The topological polar surface area (TPSA) is 88.8 Å². The van der Waals surface area contributed by atoms with E-state index in [0.717, 1.165) is 49.4 Å². The molecule has 1 aliphatic rings. The SMILES string of the molecule is CN1CCN(CCOCCOc2ccc3nc(-c4cn(-c5ccc(O)c(F)c5)nn4)ccc3c2)CC1. The second-order valence-corrected chi connectivity index (χ2v) is 8.84. The second kappa shape index (κ2) is 11.0. The molecule has 2 aromatic carbocycles. The van der Waals surface area contributed by atoms with E-state index < -0.39 is 11.6 Å². The van der Waals surface area contributed by atoms with Gasteiger partial charge in [0.1, 0.15) is 18.1 Å². The van der Waals surface area contributed by atoms with E-state index in [1.54, 1.807) is 12.3 Å². The maximum atomic E-state index is 13.7. The zero-order chi connectivity index (χ0) is 24.9. The van der Waals surface area contributed by atoms with Gasteiger partial charge in [0, 0.05) is 44.2 Å². The number of rotatable bonds is 9. The minimum Gasteiger partial charge on any atom is -0.505 e. The number of phenols is 1. The van der Waals surface area contributed by atoms with Crippen LogP contribution in [0.1, 0.15) is 0 Å². The molecule has 4 aromatic rings. The minimum atomic E-state index is -0.719. The minimum absolute atomic E-state index is 0.410. The Balaban J connectivity index is 1.14. The number of benzene rings is 2. The summed E-state index contributed by atoms with van der Waals surface area (Å²) >= 11 is 0. The zero-order valence-electron chi connectivity index (χ0n) is 20.2. The Kier molecular flexibility index (Phi) is 7.36. The fourth-order valence-corrected chi connectivity index (χ4v) is 4.07. The molecule has 0 saturated carbocycles. The maximum absolute atomic E-state index is 13.7. The summed E-state index contributed by atoms with van der Waals surface area (Å²) in [6.07, 6.45) is 1.67. The number of piperazine rings is 1. The van der Waals surface area contributed by atoms with Gasteiger partial charge in [-0.05, 0) is 43.4 Å². The summed E-state index contributed by atoms with van der Waals surface area (Å²) in [5.41, 5.74) is 2.46. The molecule has 2 aromatic heterocycles. The van der Waals surface area contributed by atoms with Gasteiger partial charge in [-0.15, -0.1) is 5.10 Å². The molecule has 0 amide bonds. The molecule has 9 nitrogen and oxygen atoms in total. The number of pyridine rings is 1. The number of nitrogens with zero attached hydrogens (tertiary/aromatic N) is 6. The van der Waals surface area contributed by atoms with Crippen LogP contribution in [0.15, 0.2) is 54.7 Å². The van der Waals surface area contributed by atoms with Crippen molar-refractivity contribution in [2.24, 2.45) is 0 Å². The smallest absolute Gasteiger partial charge is 0.166 e. The van der Waals surface area contributed by atoms with Gasteiger partial charge in [0.15, 0.2) is 11.6 Å². The van der Waals surface area contributed by atoms with E-state index in [9.17, 15) is 9.50 Å². The van der Waals surface area contributed by atoms with E-state index in [4.69, 9.17) is 9.47 Å². The predicted octanol–water partition coefficient (Wildman–Crippen LogP) is 2.97. The molecule has 3 heterocycles. The van der Waals surface area contributed by atoms with E-state index in [0.29, 0.717) is 36.9 Å². The van der Waals surface area contributed by atoms with Crippen LogP contribution in [-0.2, 0) is 4.74 Å². The van der Waals surface area contributed by atoms with Gasteiger partial charge in [-0.25, -0.2) is 14.1 Å². The molecule has 1 fully saturated rings. The van der Waals surface area contributed by atoms with E-state index in [1.807, 2.05) is 30.3 Å². The Labute approximate surface area is 208 Å². The quantitative estimate of drug-likeness (QED) is 0.357. The molecular weight excluding hydrogens is 463 g/mol. The molecule has 0 atom stereocenters. The van der Waals surface area contributed by atoms with Crippen molar-refractivity contribution in [3.63, 3.8) is 0 Å². The first-order valence-corrected chi connectivity index (χ1v) is 12.0. The molecule has 5 rings (SSSR count). The summed E-state index contributed by atoms with van der Waals surface area (Å²) in [4.78, 5) is 9.45. The van der Waals surface area contributed by atoms with Crippen molar-refractivity contribution >= 4 is 10.9 Å². The van der Waals surface area contributed by atoms with Crippen LogP contribution in [0.2, 0.25) is 0 Å². The average molecular weight is 493 g/mol. The van der Waals surface area contributed by atoms with Crippen molar-refractivity contribution in [3.05, 3.63) is 60.5 Å². The highest BCUT2D eigenvalue weighted by atomic mass is 19.1. The monoisotopic (exact) mass is 492 g/mol. The number of hydrogen-bond donors (Lipinski definition) is 1. The Hall–Kier alpha value is -3.60. The predicted molar refractivity (Wildman–Crippen MR) is 134 cm³/mol. The van der Waals surface area contributed by atoms with Crippen LogP contribution in [0.25, 0.3) is 28.0 Å². The summed E-state index contributed by atoms with van der Waals surface area (Å²) in [6, 6.07) is 13.6. The van der Waals surface area contributed by atoms with Gasteiger partial charge in [0.2, 0.25) is 0 Å². The van der Waals surface area contributed by atoms with Crippen LogP contribution in [0.4, 0.5) is 4.39 Å². The third-order valence-electron chi connectivity index (χ3n) is 6.26. The van der Waals surface area contributed by atoms with Crippen molar-refractivity contribution < 1.29 is 19.0 Å². The lowest BCUT2D eigenvalue weighted by Gasteiger charge is -2.32. The molecule has 10 heteroatoms. The summed E-state index contributed by atoms with van der Waals surface area (Å²) in [6.45, 7) is 7.12. The zero-order valence-corrected chi connectivity index (χ0v) is 20.2. The largest absolute Gasteiger partial charge is 0.505 e. The van der Waals surface area contributed by atoms with Crippen molar-refractivity contribution in [1.29, 1.82) is 0 Å². The molecule has 1 saturated heterocycles. The van der Waals surface area contributed by atoms with Gasteiger partial charge < -0.3 is 19.5 Å². The molecule has 1 aliphatic heterocycles. The summed E-state index contributed by atoms with van der Waals surface area (Å²) in [5, 5.41) is 18.5. The molecule has 0 unspecified atom stereocenters. The number of likely N-dealkylation sites (N-methyl/N-ethyl adjacent to an activating group) is 1. The molecule has 0 radical (unpaired) electrons. The van der Waals surface area contributed by atoms with E-state index in [-0.39, 0.29) is 0 Å². The van der Waals surface area contributed by atoms with Gasteiger partial charge in [-0.2, -0.15) is 0 Å². The molecule has 0 spiro atoms. The average Bonchev–Trinajstić information content (AvgIpc) is 3.39. The number of fused-ring (bicyclic) bond motifs is 1. The van der Waals surface area contributed by atoms with Crippen LogP contribution in [0.5, 0.6) is 11.5 Å². The van der Waals surface area contributed by atoms with E-state index in [2.05, 4.69) is 32.1 Å². The Morgan fingerprint density at radius 2 is 1.81 bits per heavy atom. The Morgan fingerprint density at radius 1 is 0.944 bits per heavy atom. The van der Waals surface area contributed by atoms with Gasteiger partial charge in [0.25, 0.3) is 0 Å². The summed E-state index contributed by atoms with van der Waals surface area (Å²) in [7, 11) is 2.16. The van der Waals surface area contributed by atoms with Crippen LogP contribution in [-0.4, -0.2) is 94.5 Å². The van der Waals surface area contributed by atoms with E-state index >= 15 is 0 Å². The highest BCUT2D eigenvalue weighted by molar-refractivity contribution is 5.82. The van der Waals surface area contributed by atoms with Gasteiger partial charge in [-0.3, -0.25) is 4.90 Å². The number of aromatic nitrogens is 4. The lowest BCUT2D eigenvalue weighted by Crippen LogP contribution is -2.45. The second-order valence-electron chi connectivity index (χ2n) is 8.84. The first-order chi connectivity index (χ1) is 17.5. The van der Waals surface area contributed by atoms with Crippen molar-refractivity contribution in [1.82, 2.24) is 29.8 Å². The standard InChI is InChI=1S/C26H29FN6O3/c1-31-8-10-32(11-9-31)12-13-35-14-15-36-21-4-6-23-19(16-21)2-5-24(28-23)25-18-33(30-29-25)20-3-7-26(34)22(27)17-20/h2-7,16-18,34H,8-15H2,1H3. The summed E-state index contributed by atoms with van der Waals surface area (Å²) in [5.74, 6) is -0.365. The number of phenolic OH excluding ortho intramolecular Hbond substituents is 1. The number of halogens is 1. The van der Waals surface area contributed by atoms with Crippen molar-refractivity contribution in [2.45, 2.75) is 0 Å². The van der Waals surface area contributed by atoms with Gasteiger partial charge in [0.05, 0.1) is 36.3 Å². The fraction of sp³-hybridized carbons (Fsp3) is 0.346. The van der Waals surface area contributed by atoms with Crippen molar-refractivity contribution in [2.75, 3.05) is 59.6 Å². The molecule has 188 valence electrons. The van der Waals surface area contributed by atoms with Gasteiger partial charge >= 0.3 is 0 Å². The lowest BCUT2D eigenvalue weighted by molar-refractivity contribution is 0.0658. The van der Waals surface area contributed by atoms with Crippen LogP contribution >= 0.6 is 0 Å². The van der Waals surface area contributed by atoms with E-state index in [1.165, 1.54) is 16.8 Å². The molecular formula is C26H29FN6O3. The van der Waals surface area contributed by atoms with Crippen LogP contribution < -0.4 is 4.74 Å². The molecule has 0 bridgehead atoms. The maximum Gasteiger partial charge on any atom is 0.166 e. The fourth-order valence-electron chi connectivity index (χ4n) is 4.07. The normalized spacial score (nSPS) is 14.9. The third kappa shape index (κ3) is 5.78. The number of ether oxygens (including phenoxy) is 2. The molecule has 0 aliphatic carbocycles. The first-order valence-electron chi connectivity index (χ1n) is 12.0. The summed E-state index contributed by atoms with van der Waals surface area (Å²) < 4.78 is 26.7. The van der Waals surface area contributed by atoms with Gasteiger partial charge in [-0.1, -0.05) is 11.3 Å². The van der Waals surface area contributed by atoms with Crippen molar-refractivity contribution in [3.8, 4) is 28.6 Å². The number of hydrogen-bond acceptors (Lipinski definition) is 8. The molecule has 36 heavy (non-hydrogen) atoms. The molecule has 1 N–H and O–H groups in total. The highest BCUT2D eigenvalue weighted by Gasteiger charge is 2.13. The Morgan fingerprint density at radius 3 is 2.64 bits per heavy atom. The third-order valence-corrected chi connectivity index (χ3v) is 6.26. The van der Waals surface area contributed by atoms with Crippen LogP contribution in [0.3, 0.4) is 0 Å². The van der Waals surface area contributed by atoms with Crippen LogP contribution in [0, 0.1) is 5.82 Å². The lowest BCUT2D eigenvalue weighted by atomic mass is 10.2. The number of aromatic hydroxyl groups is 1. The first kappa shape index (κ1) is 24.1.